The number of morpholine rings is 1. The van der Waals surface area contributed by atoms with Crippen LogP contribution in [0, 0.1) is 12.7 Å². The van der Waals surface area contributed by atoms with E-state index in [1.54, 1.807) is 33.8 Å². The molecule has 3 aromatic rings. The zero-order valence-corrected chi connectivity index (χ0v) is 23.6. The van der Waals surface area contributed by atoms with Crippen LogP contribution in [0.3, 0.4) is 0 Å². The molecule has 1 saturated heterocycles. The van der Waals surface area contributed by atoms with Gasteiger partial charge in [-0.25, -0.2) is 4.39 Å². The molecule has 0 saturated carbocycles. The van der Waals surface area contributed by atoms with Crippen LogP contribution >= 0.6 is 0 Å². The van der Waals surface area contributed by atoms with E-state index in [1.807, 2.05) is 61.5 Å². The third kappa shape index (κ3) is 6.48. The number of nitrogens with one attached hydrogen (secondary N) is 1. The van der Waals surface area contributed by atoms with E-state index >= 15 is 0 Å². The number of hydrogen-bond acceptors (Lipinski definition) is 4. The summed E-state index contributed by atoms with van der Waals surface area (Å²) < 4.78 is 21.1. The molecule has 38 heavy (non-hydrogen) atoms. The van der Waals surface area contributed by atoms with Crippen molar-refractivity contribution < 1.29 is 18.7 Å². The van der Waals surface area contributed by atoms with Gasteiger partial charge < -0.3 is 15.0 Å². The van der Waals surface area contributed by atoms with E-state index in [0.29, 0.717) is 41.2 Å². The van der Waals surface area contributed by atoms with E-state index in [0.717, 1.165) is 5.56 Å². The quantitative estimate of drug-likeness (QED) is 0.438. The molecule has 1 N–H and O–H groups in total. The number of amides is 2. The maximum absolute atomic E-state index is 13.6. The van der Waals surface area contributed by atoms with Gasteiger partial charge in [0.05, 0.1) is 35.2 Å². The molecule has 0 aliphatic carbocycles. The van der Waals surface area contributed by atoms with Gasteiger partial charge in [-0.2, -0.15) is 5.10 Å². The highest BCUT2D eigenvalue weighted by atomic mass is 19.1. The molecule has 2 aromatic carbocycles. The van der Waals surface area contributed by atoms with Crippen LogP contribution in [-0.4, -0.2) is 51.8 Å². The highest BCUT2D eigenvalue weighted by Crippen LogP contribution is 2.30. The fraction of sp³-hybridized carbons (Fsp3) is 0.433. The Morgan fingerprint density at radius 3 is 2.18 bits per heavy atom. The summed E-state index contributed by atoms with van der Waals surface area (Å²) in [5, 5.41) is 7.40. The molecular formula is C30H39FN4O3. The van der Waals surface area contributed by atoms with E-state index in [1.165, 1.54) is 18.3 Å². The van der Waals surface area contributed by atoms with Crippen molar-refractivity contribution in [3.8, 4) is 11.3 Å². The molecule has 1 aromatic heterocycles. The summed E-state index contributed by atoms with van der Waals surface area (Å²) >= 11 is 0. The van der Waals surface area contributed by atoms with Gasteiger partial charge in [0.1, 0.15) is 5.82 Å². The monoisotopic (exact) mass is 522 g/mol. The lowest BCUT2D eigenvalue weighted by molar-refractivity contribution is -0.0586. The van der Waals surface area contributed by atoms with Gasteiger partial charge in [0.2, 0.25) is 0 Å². The highest BCUT2D eigenvalue weighted by molar-refractivity contribution is 6.08. The topological polar surface area (TPSA) is 76.5 Å². The minimum atomic E-state index is -0.405. The first-order chi connectivity index (χ1) is 17.9. The Morgan fingerprint density at radius 2 is 1.61 bits per heavy atom. The minimum Gasteiger partial charge on any atom is -0.372 e. The number of aromatic nitrogens is 2. The normalized spacial score (nSPS) is 17.4. The lowest BCUT2D eigenvalue weighted by Gasteiger charge is -2.35. The summed E-state index contributed by atoms with van der Waals surface area (Å²) in [5.41, 5.74) is 3.12. The Kier molecular flexibility index (Phi) is 9.09. The van der Waals surface area contributed by atoms with E-state index in [9.17, 15) is 14.0 Å². The largest absolute Gasteiger partial charge is 0.372 e. The Hall–Kier alpha value is -3.52. The number of ether oxygens (including phenoxy) is 1. The van der Waals surface area contributed by atoms with Crippen LogP contribution in [0.4, 0.5) is 10.1 Å². The van der Waals surface area contributed by atoms with Crippen molar-refractivity contribution >= 4 is 17.5 Å². The van der Waals surface area contributed by atoms with Crippen LogP contribution in [0.1, 0.15) is 74.7 Å². The Labute approximate surface area is 225 Å². The molecule has 4 rings (SSSR count). The highest BCUT2D eigenvalue weighted by Gasteiger charge is 2.28. The number of carbonyl (C=O) groups excluding carboxylic acids is 2. The van der Waals surface area contributed by atoms with E-state index in [4.69, 9.17) is 4.74 Å². The first-order valence-electron chi connectivity index (χ1n) is 13.1. The average molecular weight is 523 g/mol. The summed E-state index contributed by atoms with van der Waals surface area (Å²) in [6, 6.07) is 11.3. The van der Waals surface area contributed by atoms with E-state index < -0.39 is 5.54 Å². The number of halogens is 1. The molecule has 8 heteroatoms. The Balaban J connectivity index is 0.00000195. The average Bonchev–Trinajstić information content (AvgIpc) is 3.32. The summed E-state index contributed by atoms with van der Waals surface area (Å²) in [7, 11) is 0. The fourth-order valence-electron chi connectivity index (χ4n) is 4.55. The molecule has 0 bridgehead atoms. The fourth-order valence-corrected chi connectivity index (χ4v) is 4.55. The van der Waals surface area contributed by atoms with Gasteiger partial charge in [0, 0.05) is 29.9 Å². The molecule has 0 spiro atoms. The lowest BCUT2D eigenvalue weighted by atomic mass is 10.0. The summed E-state index contributed by atoms with van der Waals surface area (Å²) in [5.74, 6) is -0.800. The molecule has 2 atom stereocenters. The number of rotatable bonds is 4. The van der Waals surface area contributed by atoms with Crippen LogP contribution in [-0.2, 0) is 10.3 Å². The van der Waals surface area contributed by atoms with Crippen molar-refractivity contribution in [2.24, 2.45) is 0 Å². The van der Waals surface area contributed by atoms with Crippen molar-refractivity contribution in [3.63, 3.8) is 0 Å². The number of anilines is 1. The second-order valence-corrected chi connectivity index (χ2v) is 10.4. The second kappa shape index (κ2) is 11.9. The number of nitrogens with zero attached hydrogens (tertiary/aromatic N) is 3. The maximum atomic E-state index is 13.6. The Bertz CT molecular complexity index is 1270. The van der Waals surface area contributed by atoms with Crippen LogP contribution < -0.4 is 5.32 Å². The predicted molar refractivity (Wildman–Crippen MR) is 149 cm³/mol. The molecule has 2 amide bonds. The van der Waals surface area contributed by atoms with Gasteiger partial charge in [0.15, 0.2) is 0 Å². The van der Waals surface area contributed by atoms with Crippen molar-refractivity contribution in [1.82, 2.24) is 14.7 Å². The van der Waals surface area contributed by atoms with E-state index in [-0.39, 0.29) is 29.8 Å². The number of carbonyl (C=O) groups is 2. The SMILES string of the molecule is CC.Cc1ccc(NC(=O)c2cnn(C(C)(C)C)c2-c2ccc(F)cc2)cc1C(=O)N1CC(C)OC(C)C1. The van der Waals surface area contributed by atoms with Crippen LogP contribution in [0.15, 0.2) is 48.7 Å². The zero-order chi connectivity index (χ0) is 28.2. The second-order valence-electron chi connectivity index (χ2n) is 10.4. The van der Waals surface area contributed by atoms with Crippen molar-refractivity contribution in [3.05, 3.63) is 71.2 Å². The van der Waals surface area contributed by atoms with Crippen molar-refractivity contribution in [2.75, 3.05) is 18.4 Å². The third-order valence-electron chi connectivity index (χ3n) is 6.20. The zero-order valence-electron chi connectivity index (χ0n) is 23.6. The first-order valence-corrected chi connectivity index (χ1v) is 13.1. The minimum absolute atomic E-state index is 0.0369. The Morgan fingerprint density at radius 1 is 1.00 bits per heavy atom. The molecule has 204 valence electrons. The van der Waals surface area contributed by atoms with E-state index in [2.05, 4.69) is 10.4 Å². The van der Waals surface area contributed by atoms with Gasteiger partial charge >= 0.3 is 0 Å². The summed E-state index contributed by atoms with van der Waals surface area (Å²) in [4.78, 5) is 28.5. The van der Waals surface area contributed by atoms with Gasteiger partial charge in [0.25, 0.3) is 11.8 Å². The van der Waals surface area contributed by atoms with Gasteiger partial charge in [-0.15, -0.1) is 0 Å². The van der Waals surface area contributed by atoms with Crippen LogP contribution in [0.5, 0.6) is 0 Å². The molecular weight excluding hydrogens is 483 g/mol. The lowest BCUT2D eigenvalue weighted by Crippen LogP contribution is -2.48. The van der Waals surface area contributed by atoms with Gasteiger partial charge in [-0.3, -0.25) is 14.3 Å². The number of benzene rings is 2. The third-order valence-corrected chi connectivity index (χ3v) is 6.20. The number of aryl methyl sites for hydroxylation is 1. The van der Waals surface area contributed by atoms with Crippen LogP contribution in [0.2, 0.25) is 0 Å². The standard InChI is InChI=1S/C28H33FN4O3.C2H6/c1-17-7-12-22(13-23(17)27(35)32-15-18(2)36-19(3)16-32)31-26(34)24-14-30-33(28(4,5)6)25(24)20-8-10-21(29)11-9-20;1-2/h7-14,18-19H,15-16H2,1-6H3,(H,31,34);1-2H3. The predicted octanol–water partition coefficient (Wildman–Crippen LogP) is 6.28. The molecule has 2 heterocycles. The van der Waals surface area contributed by atoms with Gasteiger partial charge in [-0.1, -0.05) is 19.9 Å². The molecule has 1 aliphatic heterocycles. The molecule has 2 unspecified atom stereocenters. The molecule has 1 fully saturated rings. The smallest absolute Gasteiger partial charge is 0.259 e. The maximum Gasteiger partial charge on any atom is 0.259 e. The van der Waals surface area contributed by atoms with Crippen molar-refractivity contribution in [1.29, 1.82) is 0 Å². The van der Waals surface area contributed by atoms with Gasteiger partial charge in [-0.05, 0) is 83.5 Å². The molecule has 7 nitrogen and oxygen atoms in total. The summed E-state index contributed by atoms with van der Waals surface area (Å²) in [6.07, 6.45) is 1.45. The number of hydrogen-bond donors (Lipinski definition) is 1. The molecule has 0 radical (unpaired) electrons. The van der Waals surface area contributed by atoms with Crippen molar-refractivity contribution in [2.45, 2.75) is 73.1 Å². The summed E-state index contributed by atoms with van der Waals surface area (Å²) in [6.45, 7) is 16.8. The first kappa shape index (κ1) is 29.0. The van der Waals surface area contributed by atoms with Crippen LogP contribution in [0.25, 0.3) is 11.3 Å². The molecule has 1 aliphatic rings.